The summed E-state index contributed by atoms with van der Waals surface area (Å²) in [6.45, 7) is 5.60. The Bertz CT molecular complexity index is 279. The van der Waals surface area contributed by atoms with Crippen molar-refractivity contribution >= 4 is 0 Å². The fourth-order valence-corrected chi connectivity index (χ4v) is 2.24. The smallest absolute Gasteiger partial charge is 0.119 e. The molecule has 1 N–H and O–H groups in total. The molecule has 0 aromatic carbocycles. The van der Waals surface area contributed by atoms with Gasteiger partial charge in [-0.3, -0.25) is 0 Å². The average molecular weight is 223 g/mol. The molecular formula is C11H21N5. The fourth-order valence-electron chi connectivity index (χ4n) is 2.24. The number of hydrogen-bond donors (Lipinski definition) is 1. The molecule has 0 saturated carbocycles. The maximum Gasteiger partial charge on any atom is 0.119 e. The van der Waals surface area contributed by atoms with Gasteiger partial charge >= 0.3 is 0 Å². The minimum absolute atomic E-state index is 0.819. The molecule has 0 spiro atoms. The number of piperidine rings is 1. The van der Waals surface area contributed by atoms with Crippen LogP contribution in [0.2, 0.25) is 0 Å². The maximum absolute atomic E-state index is 3.80. The van der Waals surface area contributed by atoms with Crippen LogP contribution in [-0.2, 0) is 6.54 Å². The molecule has 1 unspecified atom stereocenters. The third-order valence-electron chi connectivity index (χ3n) is 3.18. The quantitative estimate of drug-likeness (QED) is 0.775. The lowest BCUT2D eigenvalue weighted by atomic mass is 9.99. The molecule has 1 saturated heterocycles. The molecule has 1 atom stereocenters. The van der Waals surface area contributed by atoms with Crippen molar-refractivity contribution < 1.29 is 0 Å². The first-order valence-electron chi connectivity index (χ1n) is 6.06. The predicted octanol–water partition coefficient (Wildman–Crippen LogP) is 0.210. The van der Waals surface area contributed by atoms with Crippen LogP contribution in [-0.4, -0.2) is 52.9 Å². The number of hydrogen-bond acceptors (Lipinski definition) is 4. The van der Waals surface area contributed by atoms with Gasteiger partial charge in [-0.1, -0.05) is 0 Å². The summed E-state index contributed by atoms with van der Waals surface area (Å²) in [5.41, 5.74) is 0. The molecule has 1 aromatic heterocycles. The van der Waals surface area contributed by atoms with Crippen molar-refractivity contribution in [2.24, 2.45) is 5.92 Å². The molecule has 5 heteroatoms. The van der Waals surface area contributed by atoms with Crippen molar-refractivity contribution in [3.8, 4) is 0 Å². The second kappa shape index (κ2) is 5.96. The van der Waals surface area contributed by atoms with E-state index in [9.17, 15) is 0 Å². The fraction of sp³-hybridized carbons (Fsp3) is 0.818. The zero-order chi connectivity index (χ0) is 11.2. The first-order chi connectivity index (χ1) is 7.84. The standard InChI is InChI=1S/C11H21N5/c1-15(5-6-16-9-13-14-10-16)8-11-3-2-4-12-7-11/h9-12H,2-8H2,1H3. The van der Waals surface area contributed by atoms with Gasteiger partial charge in [0.2, 0.25) is 0 Å². The number of aromatic nitrogens is 3. The summed E-state index contributed by atoms with van der Waals surface area (Å²) in [6.07, 6.45) is 6.24. The van der Waals surface area contributed by atoms with E-state index in [1.165, 1.54) is 32.5 Å². The van der Waals surface area contributed by atoms with Crippen LogP contribution < -0.4 is 5.32 Å². The van der Waals surface area contributed by atoms with Gasteiger partial charge < -0.3 is 14.8 Å². The van der Waals surface area contributed by atoms with Gasteiger partial charge in [0, 0.05) is 19.6 Å². The molecule has 0 bridgehead atoms. The van der Waals surface area contributed by atoms with Gasteiger partial charge in [-0.05, 0) is 38.9 Å². The van der Waals surface area contributed by atoms with Gasteiger partial charge in [-0.25, -0.2) is 0 Å². The normalized spacial score (nSPS) is 21.5. The minimum atomic E-state index is 0.819. The number of nitrogens with zero attached hydrogens (tertiary/aromatic N) is 4. The molecule has 1 aliphatic heterocycles. The lowest BCUT2D eigenvalue weighted by molar-refractivity contribution is 0.237. The van der Waals surface area contributed by atoms with Crippen molar-refractivity contribution in [3.05, 3.63) is 12.7 Å². The Balaban J connectivity index is 1.65. The van der Waals surface area contributed by atoms with Gasteiger partial charge in [-0.15, -0.1) is 10.2 Å². The third-order valence-corrected chi connectivity index (χ3v) is 3.18. The molecule has 5 nitrogen and oxygen atoms in total. The zero-order valence-electron chi connectivity index (χ0n) is 9.97. The second-order valence-electron chi connectivity index (χ2n) is 4.67. The van der Waals surface area contributed by atoms with Crippen molar-refractivity contribution in [2.45, 2.75) is 19.4 Å². The van der Waals surface area contributed by atoms with E-state index in [0.717, 1.165) is 19.0 Å². The number of rotatable bonds is 5. The van der Waals surface area contributed by atoms with Crippen molar-refractivity contribution in [1.82, 2.24) is 25.0 Å². The highest BCUT2D eigenvalue weighted by Crippen LogP contribution is 2.10. The summed E-state index contributed by atoms with van der Waals surface area (Å²) in [5.74, 6) is 0.819. The lowest BCUT2D eigenvalue weighted by Gasteiger charge is -2.27. The predicted molar refractivity (Wildman–Crippen MR) is 63.1 cm³/mol. The summed E-state index contributed by atoms with van der Waals surface area (Å²) < 4.78 is 2.02. The Morgan fingerprint density at radius 2 is 2.25 bits per heavy atom. The summed E-state index contributed by atoms with van der Waals surface area (Å²) in [5, 5.41) is 11.1. The van der Waals surface area contributed by atoms with E-state index in [0.29, 0.717) is 0 Å². The Hall–Kier alpha value is -0.940. The van der Waals surface area contributed by atoms with Crippen LogP contribution in [0, 0.1) is 5.92 Å². The molecule has 0 radical (unpaired) electrons. The largest absolute Gasteiger partial charge is 0.319 e. The van der Waals surface area contributed by atoms with Crippen LogP contribution in [0.4, 0.5) is 0 Å². The van der Waals surface area contributed by atoms with Crippen LogP contribution in [0.3, 0.4) is 0 Å². The van der Waals surface area contributed by atoms with Crippen LogP contribution in [0.5, 0.6) is 0 Å². The van der Waals surface area contributed by atoms with Gasteiger partial charge in [0.25, 0.3) is 0 Å². The molecular weight excluding hydrogens is 202 g/mol. The van der Waals surface area contributed by atoms with Gasteiger partial charge in [0.1, 0.15) is 12.7 Å². The van der Waals surface area contributed by atoms with Gasteiger partial charge in [0.15, 0.2) is 0 Å². The summed E-state index contributed by atoms with van der Waals surface area (Å²) in [7, 11) is 2.19. The lowest BCUT2D eigenvalue weighted by Crippen LogP contribution is -2.37. The van der Waals surface area contributed by atoms with Crippen LogP contribution in [0.25, 0.3) is 0 Å². The van der Waals surface area contributed by atoms with Gasteiger partial charge in [0.05, 0.1) is 0 Å². The Labute approximate surface area is 96.8 Å². The topological polar surface area (TPSA) is 46.0 Å². The van der Waals surface area contributed by atoms with E-state index >= 15 is 0 Å². The number of nitrogens with one attached hydrogen (secondary N) is 1. The highest BCUT2D eigenvalue weighted by Gasteiger charge is 2.14. The maximum atomic E-state index is 3.80. The van der Waals surface area contributed by atoms with Crippen molar-refractivity contribution in [1.29, 1.82) is 0 Å². The molecule has 1 aliphatic rings. The SMILES string of the molecule is CN(CCn1cnnc1)CC1CCCNC1. The molecule has 2 heterocycles. The summed E-state index contributed by atoms with van der Waals surface area (Å²) >= 11 is 0. The van der Waals surface area contributed by atoms with Crippen LogP contribution in [0.1, 0.15) is 12.8 Å². The molecule has 1 aromatic rings. The summed E-state index contributed by atoms with van der Waals surface area (Å²) in [4.78, 5) is 2.40. The monoisotopic (exact) mass is 223 g/mol. The van der Waals surface area contributed by atoms with E-state index in [1.807, 2.05) is 4.57 Å². The Kier molecular flexibility index (Phi) is 4.30. The molecule has 16 heavy (non-hydrogen) atoms. The molecule has 0 aliphatic carbocycles. The zero-order valence-corrected chi connectivity index (χ0v) is 9.97. The van der Waals surface area contributed by atoms with Crippen LogP contribution >= 0.6 is 0 Å². The van der Waals surface area contributed by atoms with E-state index in [-0.39, 0.29) is 0 Å². The van der Waals surface area contributed by atoms with E-state index < -0.39 is 0 Å². The van der Waals surface area contributed by atoms with Gasteiger partial charge in [-0.2, -0.15) is 0 Å². The van der Waals surface area contributed by atoms with E-state index in [1.54, 1.807) is 12.7 Å². The average Bonchev–Trinajstić information content (AvgIpc) is 2.81. The third kappa shape index (κ3) is 3.57. The number of likely N-dealkylation sites (N-methyl/N-ethyl adjacent to an activating group) is 1. The molecule has 0 amide bonds. The molecule has 1 fully saturated rings. The highest BCUT2D eigenvalue weighted by atomic mass is 15.2. The van der Waals surface area contributed by atoms with Crippen molar-refractivity contribution in [3.63, 3.8) is 0 Å². The van der Waals surface area contributed by atoms with Crippen molar-refractivity contribution in [2.75, 3.05) is 33.2 Å². The minimum Gasteiger partial charge on any atom is -0.319 e. The Morgan fingerprint density at radius 1 is 1.44 bits per heavy atom. The second-order valence-corrected chi connectivity index (χ2v) is 4.67. The highest BCUT2D eigenvalue weighted by molar-refractivity contribution is 4.72. The van der Waals surface area contributed by atoms with E-state index in [2.05, 4.69) is 27.5 Å². The summed E-state index contributed by atoms with van der Waals surface area (Å²) in [6, 6.07) is 0. The molecule has 90 valence electrons. The first-order valence-corrected chi connectivity index (χ1v) is 6.06. The molecule has 2 rings (SSSR count). The van der Waals surface area contributed by atoms with Crippen LogP contribution in [0.15, 0.2) is 12.7 Å². The van der Waals surface area contributed by atoms with E-state index in [4.69, 9.17) is 0 Å². The first kappa shape index (κ1) is 11.5. The Morgan fingerprint density at radius 3 is 2.94 bits per heavy atom.